The van der Waals surface area contributed by atoms with Crippen molar-refractivity contribution >= 4 is 11.9 Å². The van der Waals surface area contributed by atoms with Crippen molar-refractivity contribution in [1.82, 2.24) is 4.98 Å². The van der Waals surface area contributed by atoms with Crippen LogP contribution in [0.2, 0.25) is 0 Å². The van der Waals surface area contributed by atoms with Gasteiger partial charge in [0.25, 0.3) is 0 Å². The first kappa shape index (κ1) is 11.0. The van der Waals surface area contributed by atoms with Gasteiger partial charge < -0.3 is 9.52 Å². The molecule has 1 saturated carbocycles. The van der Waals surface area contributed by atoms with Gasteiger partial charge in [0.05, 0.1) is 6.20 Å². The monoisotopic (exact) mass is 232 g/mol. The number of aromatic nitrogens is 1. The molecule has 5 nitrogen and oxygen atoms in total. The van der Waals surface area contributed by atoms with Crippen molar-refractivity contribution in [2.24, 2.45) is 0 Å². The molecular formula is C9H10F2N2O3. The number of hydrogen-bond donors (Lipinski definition) is 2. The number of aliphatic hydroxyl groups is 1. The van der Waals surface area contributed by atoms with Crippen LogP contribution < -0.4 is 5.32 Å². The lowest BCUT2D eigenvalue weighted by atomic mass is 9.75. The molecule has 0 unspecified atom stereocenters. The van der Waals surface area contributed by atoms with Gasteiger partial charge in [0, 0.05) is 0 Å². The van der Waals surface area contributed by atoms with Gasteiger partial charge in [-0.3, -0.25) is 10.1 Å². The van der Waals surface area contributed by atoms with E-state index < -0.39 is 17.4 Å². The van der Waals surface area contributed by atoms with Gasteiger partial charge in [0.15, 0.2) is 0 Å². The zero-order valence-electron chi connectivity index (χ0n) is 8.24. The van der Waals surface area contributed by atoms with Crippen molar-refractivity contribution in [1.29, 1.82) is 0 Å². The van der Waals surface area contributed by atoms with Crippen LogP contribution in [0.25, 0.3) is 0 Å². The second-order valence-corrected chi connectivity index (χ2v) is 3.75. The number of nitrogens with one attached hydrogen (secondary N) is 1. The van der Waals surface area contributed by atoms with Crippen LogP contribution in [0.3, 0.4) is 0 Å². The molecule has 2 N–H and O–H groups in total. The molecule has 1 aromatic heterocycles. The maximum absolute atomic E-state index is 13.5. The molecule has 1 heterocycles. The van der Waals surface area contributed by atoms with Crippen molar-refractivity contribution in [3.05, 3.63) is 12.5 Å². The van der Waals surface area contributed by atoms with E-state index in [0.717, 1.165) is 6.26 Å². The van der Waals surface area contributed by atoms with Crippen molar-refractivity contribution in [3.8, 4) is 0 Å². The fourth-order valence-electron chi connectivity index (χ4n) is 1.50. The highest BCUT2D eigenvalue weighted by Gasteiger charge is 2.61. The topological polar surface area (TPSA) is 75.4 Å². The Morgan fingerprint density at radius 2 is 2.31 bits per heavy atom. The number of oxazole rings is 1. The highest BCUT2D eigenvalue weighted by atomic mass is 19.3. The lowest BCUT2D eigenvalue weighted by Crippen LogP contribution is -2.59. The minimum atomic E-state index is -3.83. The maximum Gasteiger partial charge on any atom is 0.352 e. The van der Waals surface area contributed by atoms with Crippen molar-refractivity contribution in [2.45, 2.75) is 30.8 Å². The summed E-state index contributed by atoms with van der Waals surface area (Å²) in [5, 5.41) is 11.3. The Labute approximate surface area is 89.5 Å². The fraction of sp³-hybridized carbons (Fsp3) is 0.556. The average Bonchev–Trinajstić information content (AvgIpc) is 2.66. The van der Waals surface area contributed by atoms with Crippen LogP contribution in [0.5, 0.6) is 0 Å². The van der Waals surface area contributed by atoms with Crippen molar-refractivity contribution in [2.75, 3.05) is 5.32 Å². The number of amides is 1. The van der Waals surface area contributed by atoms with E-state index in [1.165, 1.54) is 6.20 Å². The molecule has 0 aromatic carbocycles. The van der Waals surface area contributed by atoms with Crippen LogP contribution >= 0.6 is 0 Å². The number of rotatable bonds is 3. The van der Waals surface area contributed by atoms with Gasteiger partial charge in [-0.2, -0.15) is 8.78 Å². The molecule has 1 aromatic rings. The van der Waals surface area contributed by atoms with Gasteiger partial charge in [0.1, 0.15) is 11.9 Å². The Kier molecular flexibility index (Phi) is 2.42. The second kappa shape index (κ2) is 3.51. The average molecular weight is 232 g/mol. The third-order valence-electron chi connectivity index (χ3n) is 2.70. The number of halogens is 2. The van der Waals surface area contributed by atoms with Crippen LogP contribution in [-0.2, 0) is 4.79 Å². The third kappa shape index (κ3) is 1.57. The molecule has 0 radical (unpaired) electrons. The molecule has 0 aliphatic heterocycles. The van der Waals surface area contributed by atoms with Crippen LogP contribution in [0.15, 0.2) is 16.9 Å². The van der Waals surface area contributed by atoms with Crippen LogP contribution in [0.1, 0.15) is 19.3 Å². The Morgan fingerprint density at radius 1 is 1.62 bits per heavy atom. The molecule has 1 aliphatic rings. The summed E-state index contributed by atoms with van der Waals surface area (Å²) in [6, 6.07) is -0.312. The van der Waals surface area contributed by atoms with E-state index in [2.05, 4.69) is 9.40 Å². The van der Waals surface area contributed by atoms with Crippen molar-refractivity contribution in [3.63, 3.8) is 0 Å². The van der Waals surface area contributed by atoms with Gasteiger partial charge in [-0.05, 0) is 19.3 Å². The fourth-order valence-corrected chi connectivity index (χ4v) is 1.50. The predicted molar refractivity (Wildman–Crippen MR) is 48.9 cm³/mol. The smallest absolute Gasteiger partial charge is 0.352 e. The number of carbonyl (C=O) groups excluding carboxylic acids is 1. The number of alkyl halides is 2. The molecule has 7 heteroatoms. The summed E-state index contributed by atoms with van der Waals surface area (Å²) < 4.78 is 31.6. The zero-order chi connectivity index (χ0) is 11.8. The second-order valence-electron chi connectivity index (χ2n) is 3.75. The third-order valence-corrected chi connectivity index (χ3v) is 2.70. The summed E-state index contributed by atoms with van der Waals surface area (Å²) in [6.45, 7) is 0. The number of hydrogen-bond acceptors (Lipinski definition) is 4. The van der Waals surface area contributed by atoms with E-state index in [9.17, 15) is 18.7 Å². The quantitative estimate of drug-likeness (QED) is 0.820. The number of anilines is 1. The minimum absolute atomic E-state index is 0.0843. The summed E-state index contributed by atoms with van der Waals surface area (Å²) in [6.07, 6.45) is 2.67. The maximum atomic E-state index is 13.5. The largest absolute Gasteiger partial charge is 0.432 e. The molecule has 2 rings (SSSR count). The Morgan fingerprint density at radius 3 is 2.75 bits per heavy atom. The molecule has 1 aliphatic carbocycles. The predicted octanol–water partition coefficient (Wildman–Crippen LogP) is 1.16. The van der Waals surface area contributed by atoms with Gasteiger partial charge in [-0.15, -0.1) is 0 Å². The lowest BCUT2D eigenvalue weighted by Gasteiger charge is -2.41. The van der Waals surface area contributed by atoms with E-state index in [1.807, 2.05) is 5.32 Å². The van der Waals surface area contributed by atoms with Crippen LogP contribution in [-0.4, -0.2) is 27.5 Å². The standard InChI is InChI=1S/C9H10F2N2O3/c10-9(11,8(15)2-1-3-8)6(14)13-7-12-4-5-16-7/h4-5,15H,1-3H2,(H,12,13,14). The van der Waals surface area contributed by atoms with E-state index in [-0.39, 0.29) is 18.9 Å². The first-order valence-electron chi connectivity index (χ1n) is 4.77. The summed E-state index contributed by atoms with van der Waals surface area (Å²) in [5.41, 5.74) is -2.23. The van der Waals surface area contributed by atoms with Crippen LogP contribution in [0.4, 0.5) is 14.8 Å². The zero-order valence-corrected chi connectivity index (χ0v) is 8.24. The van der Waals surface area contributed by atoms with Gasteiger partial charge in [-0.25, -0.2) is 4.98 Å². The summed E-state index contributed by atoms with van der Waals surface area (Å²) in [7, 11) is 0. The molecular weight excluding hydrogens is 222 g/mol. The Hall–Kier alpha value is -1.50. The molecule has 0 spiro atoms. The SMILES string of the molecule is O=C(Nc1ncco1)C(F)(F)C1(O)CCC1. The molecule has 1 amide bonds. The van der Waals surface area contributed by atoms with E-state index in [0.29, 0.717) is 6.42 Å². The molecule has 0 atom stereocenters. The van der Waals surface area contributed by atoms with Gasteiger partial charge >= 0.3 is 17.8 Å². The highest BCUT2D eigenvalue weighted by molar-refractivity contribution is 5.95. The van der Waals surface area contributed by atoms with Gasteiger partial charge in [-0.1, -0.05) is 0 Å². The first-order valence-corrected chi connectivity index (χ1v) is 4.77. The summed E-state index contributed by atoms with van der Waals surface area (Å²) >= 11 is 0. The summed E-state index contributed by atoms with van der Waals surface area (Å²) in [5.74, 6) is -5.43. The number of nitrogens with zero attached hydrogens (tertiary/aromatic N) is 1. The Balaban J connectivity index is 2.08. The van der Waals surface area contributed by atoms with Crippen LogP contribution in [0, 0.1) is 0 Å². The van der Waals surface area contributed by atoms with E-state index >= 15 is 0 Å². The molecule has 0 saturated heterocycles. The normalized spacial score (nSPS) is 18.9. The Bertz CT molecular complexity index is 387. The first-order chi connectivity index (χ1) is 7.46. The molecule has 1 fully saturated rings. The van der Waals surface area contributed by atoms with E-state index in [1.54, 1.807) is 0 Å². The summed E-state index contributed by atoms with van der Waals surface area (Å²) in [4.78, 5) is 14.7. The number of carbonyl (C=O) groups is 1. The van der Waals surface area contributed by atoms with Crippen molar-refractivity contribution < 1.29 is 23.1 Å². The highest BCUT2D eigenvalue weighted by Crippen LogP contribution is 2.44. The molecule has 16 heavy (non-hydrogen) atoms. The minimum Gasteiger partial charge on any atom is -0.432 e. The molecule has 88 valence electrons. The lowest BCUT2D eigenvalue weighted by molar-refractivity contribution is -0.212. The van der Waals surface area contributed by atoms with E-state index in [4.69, 9.17) is 0 Å². The van der Waals surface area contributed by atoms with Gasteiger partial charge in [0.2, 0.25) is 0 Å². The molecule has 0 bridgehead atoms.